The molecule has 0 fully saturated rings. The van der Waals surface area contributed by atoms with E-state index in [-0.39, 0.29) is 0 Å². The zero-order valence-corrected chi connectivity index (χ0v) is 11.7. The van der Waals surface area contributed by atoms with Crippen molar-refractivity contribution in [3.63, 3.8) is 0 Å². The lowest BCUT2D eigenvalue weighted by Gasteiger charge is -2.06. The Morgan fingerprint density at radius 1 is 0.889 bits per heavy atom. The molecule has 0 aliphatic carbocycles. The molecule has 2 nitrogen and oxygen atoms in total. The fraction of sp³-hybridized carbons (Fsp3) is 0.625. The number of rotatable bonds is 10. The average Bonchev–Trinajstić information content (AvgIpc) is 2.42. The number of ether oxygens (including phenoxy) is 1. The summed E-state index contributed by atoms with van der Waals surface area (Å²) in [5, 5.41) is 0. The monoisotopic (exact) mass is 249 g/mol. The van der Waals surface area contributed by atoms with Gasteiger partial charge in [-0.25, -0.2) is 0 Å². The first-order valence-corrected chi connectivity index (χ1v) is 7.28. The van der Waals surface area contributed by atoms with Crippen LogP contribution in [0.2, 0.25) is 0 Å². The lowest BCUT2D eigenvalue weighted by molar-refractivity contribution is 0.304. The Balaban J connectivity index is 2.00. The number of hydrogen-bond donors (Lipinski definition) is 1. The standard InChI is InChI=1S/C16H27NO/c1-2-3-4-5-6-7-8-13-18-16-11-9-15(14-17)10-12-16/h9-12H,2-8,13-14,17H2,1H3. The average molecular weight is 249 g/mol. The molecule has 0 bridgehead atoms. The zero-order valence-electron chi connectivity index (χ0n) is 11.7. The maximum Gasteiger partial charge on any atom is 0.119 e. The third-order valence-corrected chi connectivity index (χ3v) is 3.18. The van der Waals surface area contributed by atoms with E-state index in [1.54, 1.807) is 0 Å². The van der Waals surface area contributed by atoms with Crippen LogP contribution in [0.4, 0.5) is 0 Å². The van der Waals surface area contributed by atoms with Crippen LogP contribution in [0.5, 0.6) is 5.75 Å². The topological polar surface area (TPSA) is 35.2 Å². The lowest BCUT2D eigenvalue weighted by atomic mass is 10.1. The van der Waals surface area contributed by atoms with Crippen LogP contribution in [0.15, 0.2) is 24.3 Å². The van der Waals surface area contributed by atoms with Crippen molar-refractivity contribution < 1.29 is 4.74 Å². The summed E-state index contributed by atoms with van der Waals surface area (Å²) in [4.78, 5) is 0. The van der Waals surface area contributed by atoms with Crippen molar-refractivity contribution in [3.05, 3.63) is 29.8 Å². The molecule has 0 saturated carbocycles. The van der Waals surface area contributed by atoms with Crippen LogP contribution in [0.1, 0.15) is 57.4 Å². The van der Waals surface area contributed by atoms with Crippen molar-refractivity contribution in [2.45, 2.75) is 58.4 Å². The van der Waals surface area contributed by atoms with Gasteiger partial charge in [0.15, 0.2) is 0 Å². The van der Waals surface area contributed by atoms with Crippen LogP contribution in [-0.2, 0) is 6.54 Å². The van der Waals surface area contributed by atoms with E-state index in [1.165, 1.54) is 38.5 Å². The SMILES string of the molecule is CCCCCCCCCOc1ccc(CN)cc1. The quantitative estimate of drug-likeness (QED) is 0.628. The van der Waals surface area contributed by atoms with E-state index in [1.807, 2.05) is 24.3 Å². The van der Waals surface area contributed by atoms with Gasteiger partial charge in [0.05, 0.1) is 6.61 Å². The summed E-state index contributed by atoms with van der Waals surface area (Å²) in [5.41, 5.74) is 6.70. The number of benzene rings is 1. The van der Waals surface area contributed by atoms with Crippen LogP contribution in [0, 0.1) is 0 Å². The van der Waals surface area contributed by atoms with Crippen molar-refractivity contribution in [1.29, 1.82) is 0 Å². The Morgan fingerprint density at radius 2 is 1.50 bits per heavy atom. The van der Waals surface area contributed by atoms with Gasteiger partial charge in [-0.1, -0.05) is 57.6 Å². The third-order valence-electron chi connectivity index (χ3n) is 3.18. The molecule has 0 aromatic heterocycles. The van der Waals surface area contributed by atoms with E-state index in [0.29, 0.717) is 6.54 Å². The molecule has 0 atom stereocenters. The fourth-order valence-electron chi connectivity index (χ4n) is 1.97. The van der Waals surface area contributed by atoms with Gasteiger partial charge in [0, 0.05) is 6.54 Å². The summed E-state index contributed by atoms with van der Waals surface area (Å²) in [6, 6.07) is 8.06. The first-order chi connectivity index (χ1) is 8.86. The van der Waals surface area contributed by atoms with Crippen molar-refractivity contribution in [2.75, 3.05) is 6.61 Å². The molecule has 1 aromatic carbocycles. The molecule has 0 heterocycles. The number of nitrogens with two attached hydrogens (primary N) is 1. The van der Waals surface area contributed by atoms with Crippen molar-refractivity contribution in [2.24, 2.45) is 5.73 Å². The molecule has 0 saturated heterocycles. The molecule has 0 unspecified atom stereocenters. The first-order valence-electron chi connectivity index (χ1n) is 7.28. The number of hydrogen-bond acceptors (Lipinski definition) is 2. The van der Waals surface area contributed by atoms with Crippen LogP contribution < -0.4 is 10.5 Å². The van der Waals surface area contributed by atoms with Crippen molar-refractivity contribution in [3.8, 4) is 5.75 Å². The maximum atomic E-state index is 5.69. The highest BCUT2D eigenvalue weighted by Crippen LogP contribution is 2.13. The van der Waals surface area contributed by atoms with Crippen LogP contribution in [0.25, 0.3) is 0 Å². The van der Waals surface area contributed by atoms with Gasteiger partial charge in [-0.05, 0) is 24.1 Å². The summed E-state index contributed by atoms with van der Waals surface area (Å²) in [7, 11) is 0. The molecular weight excluding hydrogens is 222 g/mol. The van der Waals surface area contributed by atoms with Gasteiger partial charge in [-0.15, -0.1) is 0 Å². The highest BCUT2D eigenvalue weighted by atomic mass is 16.5. The van der Waals surface area contributed by atoms with Crippen LogP contribution in [-0.4, -0.2) is 6.61 Å². The summed E-state index contributed by atoms with van der Waals surface area (Å²) in [6.45, 7) is 3.68. The van der Waals surface area contributed by atoms with Crippen molar-refractivity contribution in [1.82, 2.24) is 0 Å². The summed E-state index contributed by atoms with van der Waals surface area (Å²) < 4.78 is 5.69. The number of unbranched alkanes of at least 4 members (excludes halogenated alkanes) is 6. The third kappa shape index (κ3) is 6.65. The zero-order chi connectivity index (χ0) is 13.1. The lowest BCUT2D eigenvalue weighted by Crippen LogP contribution is -1.99. The molecule has 0 aliphatic rings. The summed E-state index contributed by atoms with van der Waals surface area (Å²) in [6.07, 6.45) is 9.24. The Bertz CT molecular complexity index is 294. The van der Waals surface area contributed by atoms with E-state index in [0.717, 1.165) is 24.3 Å². The van der Waals surface area contributed by atoms with E-state index < -0.39 is 0 Å². The van der Waals surface area contributed by atoms with Gasteiger partial charge in [0.2, 0.25) is 0 Å². The summed E-state index contributed by atoms with van der Waals surface area (Å²) >= 11 is 0. The van der Waals surface area contributed by atoms with E-state index in [2.05, 4.69) is 6.92 Å². The molecule has 18 heavy (non-hydrogen) atoms. The minimum absolute atomic E-state index is 0.595. The first kappa shape index (κ1) is 15.0. The van der Waals surface area contributed by atoms with Crippen molar-refractivity contribution >= 4 is 0 Å². The van der Waals surface area contributed by atoms with E-state index >= 15 is 0 Å². The molecule has 0 spiro atoms. The molecule has 0 aliphatic heterocycles. The second-order valence-electron chi connectivity index (χ2n) is 4.82. The molecule has 0 radical (unpaired) electrons. The molecule has 2 N–H and O–H groups in total. The molecular formula is C16H27NO. The van der Waals surface area contributed by atoms with Gasteiger partial charge in [-0.3, -0.25) is 0 Å². The van der Waals surface area contributed by atoms with Gasteiger partial charge in [-0.2, -0.15) is 0 Å². The fourth-order valence-corrected chi connectivity index (χ4v) is 1.97. The largest absolute Gasteiger partial charge is 0.494 e. The smallest absolute Gasteiger partial charge is 0.119 e. The predicted molar refractivity (Wildman–Crippen MR) is 77.8 cm³/mol. The van der Waals surface area contributed by atoms with Gasteiger partial charge >= 0.3 is 0 Å². The van der Waals surface area contributed by atoms with E-state index in [4.69, 9.17) is 10.5 Å². The molecule has 2 heteroatoms. The molecule has 1 aromatic rings. The minimum Gasteiger partial charge on any atom is -0.494 e. The van der Waals surface area contributed by atoms with Gasteiger partial charge < -0.3 is 10.5 Å². The maximum absolute atomic E-state index is 5.69. The Morgan fingerprint density at radius 3 is 2.11 bits per heavy atom. The van der Waals surface area contributed by atoms with Crippen LogP contribution >= 0.6 is 0 Å². The van der Waals surface area contributed by atoms with Gasteiger partial charge in [0.25, 0.3) is 0 Å². The highest BCUT2D eigenvalue weighted by Gasteiger charge is 1.95. The minimum atomic E-state index is 0.595. The van der Waals surface area contributed by atoms with Crippen LogP contribution in [0.3, 0.4) is 0 Å². The second kappa shape index (κ2) is 9.95. The normalized spacial score (nSPS) is 10.6. The predicted octanol–water partition coefficient (Wildman–Crippen LogP) is 4.27. The van der Waals surface area contributed by atoms with Gasteiger partial charge in [0.1, 0.15) is 5.75 Å². The Kier molecular flexibility index (Phi) is 8.32. The Hall–Kier alpha value is -1.02. The molecule has 102 valence electrons. The van der Waals surface area contributed by atoms with E-state index in [9.17, 15) is 0 Å². The molecule has 1 rings (SSSR count). The highest BCUT2D eigenvalue weighted by molar-refractivity contribution is 5.26. The molecule has 0 amide bonds. The second-order valence-corrected chi connectivity index (χ2v) is 4.82. The summed E-state index contributed by atoms with van der Waals surface area (Å²) in [5.74, 6) is 0.957. The Labute approximate surface area is 112 Å².